The van der Waals surface area contributed by atoms with E-state index in [4.69, 9.17) is 16.7 Å². The fourth-order valence-corrected chi connectivity index (χ4v) is 2.23. The largest absolute Gasteiger partial charge is 0.370 e. The average Bonchev–Trinajstić information content (AvgIpc) is 2.33. The van der Waals surface area contributed by atoms with Gasteiger partial charge in [-0.2, -0.15) is 0 Å². The van der Waals surface area contributed by atoms with Crippen molar-refractivity contribution in [2.45, 2.75) is 13.3 Å². The van der Waals surface area contributed by atoms with Crippen LogP contribution in [0.4, 0.5) is 5.82 Å². The van der Waals surface area contributed by atoms with Gasteiger partial charge in [-0.1, -0.05) is 11.6 Å². The third-order valence-electron chi connectivity index (χ3n) is 2.31. The molecule has 0 spiro atoms. The van der Waals surface area contributed by atoms with E-state index in [2.05, 4.69) is 15.6 Å². The minimum Gasteiger partial charge on any atom is -0.370 e. The highest BCUT2D eigenvalue weighted by Crippen LogP contribution is 2.14. The number of sulfonamides is 1. The van der Waals surface area contributed by atoms with Crippen LogP contribution < -0.4 is 15.8 Å². The zero-order valence-electron chi connectivity index (χ0n) is 11.0. The number of halogens is 1. The van der Waals surface area contributed by atoms with E-state index in [9.17, 15) is 13.2 Å². The first-order valence-corrected chi connectivity index (χ1v) is 8.11. The molecule has 0 radical (unpaired) electrons. The molecule has 0 aliphatic rings. The molecule has 7 nitrogen and oxygen atoms in total. The van der Waals surface area contributed by atoms with Crippen molar-refractivity contribution >= 4 is 33.3 Å². The summed E-state index contributed by atoms with van der Waals surface area (Å²) < 4.78 is 21.5. The van der Waals surface area contributed by atoms with E-state index < -0.39 is 10.0 Å². The summed E-state index contributed by atoms with van der Waals surface area (Å²) in [6.07, 6.45) is 0.253. The van der Waals surface area contributed by atoms with Crippen molar-refractivity contribution < 1.29 is 13.2 Å². The number of carbonyl (C=O) groups is 1. The van der Waals surface area contributed by atoms with Gasteiger partial charge in [-0.05, 0) is 25.5 Å². The molecule has 0 fully saturated rings. The first-order chi connectivity index (χ1) is 9.31. The summed E-state index contributed by atoms with van der Waals surface area (Å²) in [7, 11) is -3.50. The van der Waals surface area contributed by atoms with Gasteiger partial charge in [0.1, 0.15) is 11.0 Å². The summed E-state index contributed by atoms with van der Waals surface area (Å²) in [6, 6.07) is 3.02. The number of primary sulfonamides is 1. The van der Waals surface area contributed by atoms with E-state index in [0.717, 1.165) is 0 Å². The van der Waals surface area contributed by atoms with Crippen molar-refractivity contribution in [2.24, 2.45) is 5.14 Å². The lowest BCUT2D eigenvalue weighted by Crippen LogP contribution is -2.27. The van der Waals surface area contributed by atoms with Gasteiger partial charge in [-0.3, -0.25) is 4.79 Å². The van der Waals surface area contributed by atoms with Crippen LogP contribution in [0.3, 0.4) is 0 Å². The topological polar surface area (TPSA) is 114 Å². The van der Waals surface area contributed by atoms with Crippen molar-refractivity contribution in [3.05, 3.63) is 22.8 Å². The van der Waals surface area contributed by atoms with Gasteiger partial charge in [-0.25, -0.2) is 18.5 Å². The predicted octanol–water partition coefficient (Wildman–Crippen LogP) is 0.575. The Kier molecular flexibility index (Phi) is 6.18. The predicted molar refractivity (Wildman–Crippen MR) is 78.3 cm³/mol. The van der Waals surface area contributed by atoms with Crippen molar-refractivity contribution in [1.29, 1.82) is 0 Å². The lowest BCUT2D eigenvalue weighted by molar-refractivity contribution is 0.0953. The van der Waals surface area contributed by atoms with Gasteiger partial charge < -0.3 is 10.6 Å². The van der Waals surface area contributed by atoms with Gasteiger partial charge in [0, 0.05) is 18.7 Å². The summed E-state index contributed by atoms with van der Waals surface area (Å²) in [5.41, 5.74) is 0.358. The lowest BCUT2D eigenvalue weighted by atomic mass is 10.2. The fourth-order valence-electron chi connectivity index (χ4n) is 1.48. The molecule has 1 amide bonds. The van der Waals surface area contributed by atoms with Crippen LogP contribution in [0.15, 0.2) is 12.1 Å². The Labute approximate surface area is 123 Å². The number of anilines is 1. The molecule has 1 aromatic rings. The standard InChI is InChI=1S/C11H17ClN4O3S/c1-2-14-10-7-8(6-9(12)16-10)11(17)15-4-3-5-20(13,18)19/h6-7H,2-5H2,1H3,(H,14,16)(H,15,17)(H2,13,18,19). The molecule has 0 saturated heterocycles. The molecule has 0 bridgehead atoms. The molecule has 0 saturated carbocycles. The second-order valence-corrected chi connectivity index (χ2v) is 6.19. The minimum absolute atomic E-state index is 0.174. The molecule has 0 aliphatic heterocycles. The maximum Gasteiger partial charge on any atom is 0.251 e. The summed E-state index contributed by atoms with van der Waals surface area (Å²) >= 11 is 5.82. The zero-order valence-corrected chi connectivity index (χ0v) is 12.6. The van der Waals surface area contributed by atoms with Crippen LogP contribution in [-0.4, -0.2) is 38.2 Å². The number of rotatable bonds is 7. The van der Waals surface area contributed by atoms with Crippen molar-refractivity contribution in [1.82, 2.24) is 10.3 Å². The van der Waals surface area contributed by atoms with E-state index in [1.165, 1.54) is 6.07 Å². The summed E-state index contributed by atoms with van der Waals surface area (Å²) in [6.45, 7) is 2.77. The van der Waals surface area contributed by atoms with E-state index in [1.807, 2.05) is 6.92 Å². The molecule has 1 aromatic heterocycles. The normalized spacial score (nSPS) is 11.2. The summed E-state index contributed by atoms with van der Waals surface area (Å²) in [4.78, 5) is 15.9. The van der Waals surface area contributed by atoms with Crippen LogP contribution in [0.2, 0.25) is 5.15 Å². The Bertz CT molecular complexity index is 577. The Balaban J connectivity index is 2.59. The number of hydrogen-bond donors (Lipinski definition) is 3. The first kappa shape index (κ1) is 16.7. The second-order valence-electron chi connectivity index (χ2n) is 4.07. The number of pyridine rings is 1. The molecular weight excluding hydrogens is 304 g/mol. The maximum absolute atomic E-state index is 11.9. The third-order valence-corrected chi connectivity index (χ3v) is 3.36. The van der Waals surface area contributed by atoms with E-state index >= 15 is 0 Å². The van der Waals surface area contributed by atoms with Crippen molar-refractivity contribution in [2.75, 3.05) is 24.2 Å². The Morgan fingerprint density at radius 1 is 1.45 bits per heavy atom. The molecule has 1 rings (SSSR count). The first-order valence-electron chi connectivity index (χ1n) is 6.02. The fraction of sp³-hybridized carbons (Fsp3) is 0.455. The quantitative estimate of drug-likeness (QED) is 0.502. The number of nitrogens with zero attached hydrogens (tertiary/aromatic N) is 1. The summed E-state index contributed by atoms with van der Waals surface area (Å²) in [5.74, 6) is -0.00918. The molecule has 4 N–H and O–H groups in total. The van der Waals surface area contributed by atoms with E-state index in [-0.39, 0.29) is 29.8 Å². The molecule has 0 unspecified atom stereocenters. The number of carbonyl (C=O) groups excluding carboxylic acids is 1. The Hall–Kier alpha value is -1.38. The zero-order chi connectivity index (χ0) is 15.2. The van der Waals surface area contributed by atoms with Gasteiger partial charge in [0.2, 0.25) is 10.0 Å². The average molecular weight is 321 g/mol. The molecule has 1 heterocycles. The van der Waals surface area contributed by atoms with Crippen molar-refractivity contribution in [3.8, 4) is 0 Å². The van der Waals surface area contributed by atoms with Crippen molar-refractivity contribution in [3.63, 3.8) is 0 Å². The highest BCUT2D eigenvalue weighted by molar-refractivity contribution is 7.89. The molecule has 9 heteroatoms. The second kappa shape index (κ2) is 7.41. The van der Waals surface area contributed by atoms with E-state index in [0.29, 0.717) is 17.9 Å². The van der Waals surface area contributed by atoms with Crippen LogP contribution in [-0.2, 0) is 10.0 Å². The van der Waals surface area contributed by atoms with Gasteiger partial charge >= 0.3 is 0 Å². The van der Waals surface area contributed by atoms with Crippen LogP contribution in [0.25, 0.3) is 0 Å². The highest BCUT2D eigenvalue weighted by Gasteiger charge is 2.09. The van der Waals surface area contributed by atoms with Gasteiger partial charge in [0.15, 0.2) is 0 Å². The SMILES string of the molecule is CCNc1cc(C(=O)NCCCS(N)(=O)=O)cc(Cl)n1. The summed E-state index contributed by atoms with van der Waals surface area (Å²) in [5, 5.41) is 10.6. The molecule has 20 heavy (non-hydrogen) atoms. The number of amides is 1. The van der Waals surface area contributed by atoms with Crippen LogP contribution in [0, 0.1) is 0 Å². The Morgan fingerprint density at radius 2 is 2.15 bits per heavy atom. The molecule has 112 valence electrons. The molecular formula is C11H17ClN4O3S. The van der Waals surface area contributed by atoms with Gasteiger partial charge in [0.25, 0.3) is 5.91 Å². The molecule has 0 aliphatic carbocycles. The molecule has 0 atom stereocenters. The number of nitrogens with two attached hydrogens (primary N) is 1. The number of aromatic nitrogens is 1. The van der Waals surface area contributed by atoms with Crippen LogP contribution >= 0.6 is 11.6 Å². The molecule has 0 aromatic carbocycles. The number of hydrogen-bond acceptors (Lipinski definition) is 5. The maximum atomic E-state index is 11.9. The Morgan fingerprint density at radius 3 is 2.75 bits per heavy atom. The smallest absolute Gasteiger partial charge is 0.251 e. The third kappa shape index (κ3) is 6.18. The van der Waals surface area contributed by atoms with Gasteiger partial charge in [-0.15, -0.1) is 0 Å². The monoisotopic (exact) mass is 320 g/mol. The number of nitrogens with one attached hydrogen (secondary N) is 2. The minimum atomic E-state index is -3.50. The van der Waals surface area contributed by atoms with Crippen LogP contribution in [0.1, 0.15) is 23.7 Å². The van der Waals surface area contributed by atoms with Crippen LogP contribution in [0.5, 0.6) is 0 Å². The van der Waals surface area contributed by atoms with Gasteiger partial charge in [0.05, 0.1) is 5.75 Å². The van der Waals surface area contributed by atoms with E-state index in [1.54, 1.807) is 6.07 Å². The highest BCUT2D eigenvalue weighted by atomic mass is 35.5. The lowest BCUT2D eigenvalue weighted by Gasteiger charge is -2.08.